The Kier molecular flexibility index (Phi) is 3.49. The zero-order valence-electron chi connectivity index (χ0n) is 9.28. The van der Waals surface area contributed by atoms with Crippen LogP contribution >= 0.6 is 0 Å². The van der Waals surface area contributed by atoms with E-state index in [4.69, 9.17) is 5.11 Å². The molecule has 4 nitrogen and oxygen atoms in total. The SMILES string of the molecule is O=C(O)CCc1ncc2c(n1)CCCCC2. The van der Waals surface area contributed by atoms with Crippen molar-refractivity contribution in [1.82, 2.24) is 9.97 Å². The molecule has 0 aliphatic heterocycles. The maximum absolute atomic E-state index is 10.5. The Morgan fingerprint density at radius 3 is 2.94 bits per heavy atom. The van der Waals surface area contributed by atoms with Gasteiger partial charge in [-0.2, -0.15) is 0 Å². The highest BCUT2D eigenvalue weighted by atomic mass is 16.4. The van der Waals surface area contributed by atoms with Crippen LogP contribution in [-0.4, -0.2) is 21.0 Å². The number of carboxylic acid groups (broad SMARTS) is 1. The van der Waals surface area contributed by atoms with Crippen LogP contribution in [0.3, 0.4) is 0 Å². The molecule has 0 saturated carbocycles. The van der Waals surface area contributed by atoms with E-state index in [0.717, 1.165) is 18.5 Å². The van der Waals surface area contributed by atoms with Crippen molar-refractivity contribution in [2.24, 2.45) is 0 Å². The molecule has 1 aromatic rings. The number of aryl methyl sites for hydroxylation is 3. The largest absolute Gasteiger partial charge is 0.481 e. The van der Waals surface area contributed by atoms with Crippen molar-refractivity contribution in [3.05, 3.63) is 23.3 Å². The monoisotopic (exact) mass is 220 g/mol. The molecular formula is C12H16N2O2. The van der Waals surface area contributed by atoms with E-state index in [9.17, 15) is 4.79 Å². The second-order valence-corrected chi connectivity index (χ2v) is 4.21. The van der Waals surface area contributed by atoms with Crippen molar-refractivity contribution >= 4 is 5.97 Å². The summed E-state index contributed by atoms with van der Waals surface area (Å²) in [6, 6.07) is 0. The van der Waals surface area contributed by atoms with Gasteiger partial charge in [0.1, 0.15) is 5.82 Å². The van der Waals surface area contributed by atoms with E-state index in [1.165, 1.54) is 24.8 Å². The Balaban J connectivity index is 2.11. The van der Waals surface area contributed by atoms with E-state index >= 15 is 0 Å². The molecule has 0 aromatic carbocycles. The smallest absolute Gasteiger partial charge is 0.303 e. The van der Waals surface area contributed by atoms with E-state index in [1.807, 2.05) is 6.20 Å². The molecule has 1 aliphatic rings. The fourth-order valence-electron chi connectivity index (χ4n) is 2.03. The molecule has 0 unspecified atom stereocenters. The quantitative estimate of drug-likeness (QED) is 0.788. The van der Waals surface area contributed by atoms with Gasteiger partial charge in [-0.05, 0) is 31.2 Å². The van der Waals surface area contributed by atoms with Gasteiger partial charge in [0.05, 0.1) is 6.42 Å². The average Bonchev–Trinajstić information content (AvgIpc) is 2.50. The van der Waals surface area contributed by atoms with E-state index in [0.29, 0.717) is 12.2 Å². The van der Waals surface area contributed by atoms with Crippen LogP contribution in [0.15, 0.2) is 6.20 Å². The van der Waals surface area contributed by atoms with Crippen molar-refractivity contribution in [3.8, 4) is 0 Å². The third-order valence-electron chi connectivity index (χ3n) is 2.93. The maximum Gasteiger partial charge on any atom is 0.303 e. The van der Waals surface area contributed by atoms with Crippen molar-refractivity contribution in [3.63, 3.8) is 0 Å². The summed E-state index contributed by atoms with van der Waals surface area (Å²) < 4.78 is 0. The highest BCUT2D eigenvalue weighted by molar-refractivity contribution is 5.66. The van der Waals surface area contributed by atoms with Crippen molar-refractivity contribution < 1.29 is 9.90 Å². The lowest BCUT2D eigenvalue weighted by Gasteiger charge is -2.05. The standard InChI is InChI=1S/C12H16N2O2/c15-12(16)7-6-11-13-8-9-4-2-1-3-5-10(9)14-11/h8H,1-7H2,(H,15,16). The van der Waals surface area contributed by atoms with Crippen LogP contribution in [0, 0.1) is 0 Å². The van der Waals surface area contributed by atoms with E-state index < -0.39 is 5.97 Å². The first-order chi connectivity index (χ1) is 7.75. The first-order valence-electron chi connectivity index (χ1n) is 5.81. The molecule has 0 spiro atoms. The maximum atomic E-state index is 10.5. The van der Waals surface area contributed by atoms with Crippen LogP contribution in [0.25, 0.3) is 0 Å². The van der Waals surface area contributed by atoms with Gasteiger partial charge in [-0.15, -0.1) is 0 Å². The lowest BCUT2D eigenvalue weighted by Crippen LogP contribution is -2.05. The lowest BCUT2D eigenvalue weighted by atomic mass is 10.1. The molecular weight excluding hydrogens is 204 g/mol. The van der Waals surface area contributed by atoms with Gasteiger partial charge in [-0.25, -0.2) is 9.97 Å². The zero-order chi connectivity index (χ0) is 11.4. The second kappa shape index (κ2) is 5.05. The summed E-state index contributed by atoms with van der Waals surface area (Å²) in [6.45, 7) is 0. The summed E-state index contributed by atoms with van der Waals surface area (Å²) in [5.74, 6) is -0.124. The van der Waals surface area contributed by atoms with E-state index in [-0.39, 0.29) is 6.42 Å². The van der Waals surface area contributed by atoms with Crippen LogP contribution in [0.4, 0.5) is 0 Å². The van der Waals surface area contributed by atoms with Crippen molar-refractivity contribution in [2.45, 2.75) is 44.9 Å². The van der Waals surface area contributed by atoms with Gasteiger partial charge in [0.15, 0.2) is 0 Å². The Hall–Kier alpha value is -1.45. The number of aliphatic carboxylic acids is 1. The van der Waals surface area contributed by atoms with Crippen molar-refractivity contribution in [1.29, 1.82) is 0 Å². The number of nitrogens with zero attached hydrogens (tertiary/aromatic N) is 2. The average molecular weight is 220 g/mol. The minimum Gasteiger partial charge on any atom is -0.481 e. The highest BCUT2D eigenvalue weighted by Gasteiger charge is 2.11. The zero-order valence-corrected chi connectivity index (χ0v) is 9.28. The molecule has 1 heterocycles. The van der Waals surface area contributed by atoms with Gasteiger partial charge in [-0.1, -0.05) is 6.42 Å². The number of carbonyl (C=O) groups is 1. The van der Waals surface area contributed by atoms with Crippen LogP contribution in [-0.2, 0) is 24.1 Å². The number of rotatable bonds is 3. The molecule has 2 rings (SSSR count). The summed E-state index contributed by atoms with van der Waals surface area (Å²) in [5.41, 5.74) is 2.38. The topological polar surface area (TPSA) is 63.1 Å². The predicted octanol–water partition coefficient (Wildman–Crippen LogP) is 1.76. The van der Waals surface area contributed by atoms with E-state index in [1.54, 1.807) is 0 Å². The first-order valence-corrected chi connectivity index (χ1v) is 5.81. The third-order valence-corrected chi connectivity index (χ3v) is 2.93. The molecule has 0 amide bonds. The molecule has 0 atom stereocenters. The Bertz CT molecular complexity index is 391. The highest BCUT2D eigenvalue weighted by Crippen LogP contribution is 2.18. The van der Waals surface area contributed by atoms with E-state index in [2.05, 4.69) is 9.97 Å². The van der Waals surface area contributed by atoms with Gasteiger partial charge >= 0.3 is 5.97 Å². The fourth-order valence-corrected chi connectivity index (χ4v) is 2.03. The van der Waals surface area contributed by atoms with Gasteiger partial charge in [0.2, 0.25) is 0 Å². The third kappa shape index (κ3) is 2.78. The molecule has 1 N–H and O–H groups in total. The fraction of sp³-hybridized carbons (Fsp3) is 0.583. The minimum absolute atomic E-state index is 0.110. The normalized spacial score (nSPS) is 15.2. The predicted molar refractivity (Wildman–Crippen MR) is 59.2 cm³/mol. The molecule has 0 saturated heterocycles. The molecule has 16 heavy (non-hydrogen) atoms. The van der Waals surface area contributed by atoms with Gasteiger partial charge in [0.25, 0.3) is 0 Å². The number of hydrogen-bond acceptors (Lipinski definition) is 3. The van der Waals surface area contributed by atoms with Crippen LogP contribution in [0.5, 0.6) is 0 Å². The Morgan fingerprint density at radius 1 is 1.31 bits per heavy atom. The molecule has 0 radical (unpaired) electrons. The number of carboxylic acids is 1. The van der Waals surface area contributed by atoms with Gasteiger partial charge in [0, 0.05) is 18.3 Å². The number of aromatic nitrogens is 2. The van der Waals surface area contributed by atoms with Crippen LogP contribution in [0.1, 0.15) is 42.8 Å². The summed E-state index contributed by atoms with van der Waals surface area (Å²) in [4.78, 5) is 19.2. The van der Waals surface area contributed by atoms with Gasteiger partial charge < -0.3 is 5.11 Å². The van der Waals surface area contributed by atoms with Crippen LogP contribution in [0.2, 0.25) is 0 Å². The molecule has 0 bridgehead atoms. The van der Waals surface area contributed by atoms with Crippen molar-refractivity contribution in [2.75, 3.05) is 0 Å². The molecule has 0 fully saturated rings. The minimum atomic E-state index is -0.793. The molecule has 4 heteroatoms. The van der Waals surface area contributed by atoms with Gasteiger partial charge in [-0.3, -0.25) is 4.79 Å². The Morgan fingerprint density at radius 2 is 2.12 bits per heavy atom. The number of hydrogen-bond donors (Lipinski definition) is 1. The summed E-state index contributed by atoms with van der Waals surface area (Å²) in [7, 11) is 0. The molecule has 1 aliphatic carbocycles. The summed E-state index contributed by atoms with van der Waals surface area (Å²) in [5, 5.41) is 8.60. The van der Waals surface area contributed by atoms with Crippen LogP contribution < -0.4 is 0 Å². The second-order valence-electron chi connectivity index (χ2n) is 4.21. The summed E-state index contributed by atoms with van der Waals surface area (Å²) >= 11 is 0. The lowest BCUT2D eigenvalue weighted by molar-refractivity contribution is -0.137. The molecule has 1 aromatic heterocycles. The first kappa shape index (κ1) is 11.0. The number of fused-ring (bicyclic) bond motifs is 1. The summed E-state index contributed by atoms with van der Waals surface area (Å²) in [6.07, 6.45) is 8.15. The Labute approximate surface area is 94.7 Å². The molecule has 86 valence electrons.